The zero-order valence-corrected chi connectivity index (χ0v) is 14.5. The van der Waals surface area contributed by atoms with E-state index in [1.165, 1.54) is 0 Å². The van der Waals surface area contributed by atoms with Gasteiger partial charge in [-0.25, -0.2) is 0 Å². The Morgan fingerprint density at radius 1 is 1.42 bits per heavy atom. The number of aryl methyl sites for hydroxylation is 2. The highest BCUT2D eigenvalue weighted by molar-refractivity contribution is 8.15. The SMILES string of the molecule is CCOc1cc(C)c(C=NN=C2NC(=O)C(CC(=O)O)S2)c(C)c1. The van der Waals surface area contributed by atoms with Crippen molar-refractivity contribution in [3.8, 4) is 5.75 Å². The molecule has 0 aliphatic carbocycles. The molecule has 1 atom stereocenters. The molecule has 0 aromatic heterocycles. The van der Waals surface area contributed by atoms with Gasteiger partial charge in [-0.15, -0.1) is 5.10 Å². The molecule has 1 aliphatic rings. The van der Waals surface area contributed by atoms with Crippen molar-refractivity contribution in [2.45, 2.75) is 32.4 Å². The van der Waals surface area contributed by atoms with Crippen LogP contribution in [0.15, 0.2) is 22.3 Å². The van der Waals surface area contributed by atoms with E-state index in [9.17, 15) is 9.59 Å². The van der Waals surface area contributed by atoms with Crippen molar-refractivity contribution in [1.82, 2.24) is 5.32 Å². The number of hydrogen-bond donors (Lipinski definition) is 2. The predicted molar refractivity (Wildman–Crippen MR) is 93.9 cm³/mol. The van der Waals surface area contributed by atoms with Crippen molar-refractivity contribution in [2.75, 3.05) is 6.61 Å². The Hall–Kier alpha value is -2.35. The second kappa shape index (κ2) is 7.96. The third-order valence-corrected chi connectivity index (χ3v) is 4.42. The lowest BCUT2D eigenvalue weighted by molar-refractivity contribution is -0.138. The Morgan fingerprint density at radius 3 is 2.67 bits per heavy atom. The van der Waals surface area contributed by atoms with E-state index >= 15 is 0 Å². The Bertz CT molecular complexity index is 692. The van der Waals surface area contributed by atoms with Crippen LogP contribution in [-0.2, 0) is 9.59 Å². The molecule has 1 saturated heterocycles. The number of carboxylic acids is 1. The standard InChI is InChI=1S/C16H19N3O4S/c1-4-23-11-5-9(2)12(10(3)6-11)8-17-19-16-18-15(22)13(24-16)7-14(20)21/h5-6,8,13H,4,7H2,1-3H3,(H,20,21)(H,18,19,22). The molecule has 2 rings (SSSR count). The van der Waals surface area contributed by atoms with Crippen molar-refractivity contribution >= 4 is 35.0 Å². The second-order valence-corrected chi connectivity index (χ2v) is 6.44. The summed E-state index contributed by atoms with van der Waals surface area (Å²) in [5, 5.41) is 18.9. The molecule has 1 aromatic rings. The van der Waals surface area contributed by atoms with Gasteiger partial charge >= 0.3 is 5.97 Å². The molecule has 0 radical (unpaired) electrons. The first-order valence-electron chi connectivity index (χ1n) is 7.45. The van der Waals surface area contributed by atoms with Gasteiger partial charge in [0.1, 0.15) is 11.0 Å². The van der Waals surface area contributed by atoms with Crippen molar-refractivity contribution in [1.29, 1.82) is 0 Å². The van der Waals surface area contributed by atoms with Gasteiger partial charge in [0.15, 0.2) is 5.17 Å². The topological polar surface area (TPSA) is 100 Å². The quantitative estimate of drug-likeness (QED) is 0.605. The maximum atomic E-state index is 11.6. The summed E-state index contributed by atoms with van der Waals surface area (Å²) in [5.41, 5.74) is 2.95. The molecule has 8 heteroatoms. The van der Waals surface area contributed by atoms with Gasteiger partial charge in [-0.05, 0) is 44.0 Å². The van der Waals surface area contributed by atoms with Gasteiger partial charge in [-0.3, -0.25) is 9.59 Å². The smallest absolute Gasteiger partial charge is 0.305 e. The fourth-order valence-electron chi connectivity index (χ4n) is 2.27. The van der Waals surface area contributed by atoms with Crippen LogP contribution in [0.3, 0.4) is 0 Å². The molecule has 1 unspecified atom stereocenters. The number of carboxylic acid groups (broad SMARTS) is 1. The lowest BCUT2D eigenvalue weighted by atomic mass is 10.0. The van der Waals surface area contributed by atoms with Gasteiger partial charge in [0, 0.05) is 5.56 Å². The average molecular weight is 349 g/mol. The Morgan fingerprint density at radius 2 is 2.08 bits per heavy atom. The molecule has 0 saturated carbocycles. The minimum atomic E-state index is -1.02. The summed E-state index contributed by atoms with van der Waals surface area (Å²) < 4.78 is 5.49. The van der Waals surface area contributed by atoms with Crippen LogP contribution in [0.4, 0.5) is 0 Å². The number of aliphatic carboxylic acids is 1. The van der Waals surface area contributed by atoms with Crippen LogP contribution in [0.25, 0.3) is 0 Å². The molecule has 1 heterocycles. The molecule has 1 amide bonds. The Balaban J connectivity index is 2.09. The van der Waals surface area contributed by atoms with Crippen molar-refractivity contribution in [2.24, 2.45) is 10.2 Å². The number of thioether (sulfide) groups is 1. The number of benzene rings is 1. The van der Waals surface area contributed by atoms with Crippen LogP contribution in [0.5, 0.6) is 5.75 Å². The average Bonchev–Trinajstić information content (AvgIpc) is 2.81. The summed E-state index contributed by atoms with van der Waals surface area (Å²) in [4.78, 5) is 22.3. The van der Waals surface area contributed by atoms with Crippen LogP contribution >= 0.6 is 11.8 Å². The van der Waals surface area contributed by atoms with Crippen LogP contribution < -0.4 is 10.1 Å². The first-order valence-corrected chi connectivity index (χ1v) is 8.33. The largest absolute Gasteiger partial charge is 0.494 e. The van der Waals surface area contributed by atoms with E-state index in [0.717, 1.165) is 34.2 Å². The van der Waals surface area contributed by atoms with Crippen molar-refractivity contribution in [3.63, 3.8) is 0 Å². The number of carbonyl (C=O) groups is 2. The minimum absolute atomic E-state index is 0.240. The van der Waals surface area contributed by atoms with Gasteiger partial charge in [0.05, 0.1) is 19.2 Å². The van der Waals surface area contributed by atoms with E-state index in [4.69, 9.17) is 9.84 Å². The van der Waals surface area contributed by atoms with Gasteiger partial charge in [0.25, 0.3) is 0 Å². The summed E-state index contributed by atoms with van der Waals surface area (Å²) in [7, 11) is 0. The first-order chi connectivity index (χ1) is 11.4. The number of amidine groups is 1. The maximum Gasteiger partial charge on any atom is 0.305 e. The van der Waals surface area contributed by atoms with E-state index in [2.05, 4.69) is 15.5 Å². The summed E-state index contributed by atoms with van der Waals surface area (Å²) in [6.07, 6.45) is 1.38. The minimum Gasteiger partial charge on any atom is -0.494 e. The molecule has 2 N–H and O–H groups in total. The summed E-state index contributed by atoms with van der Waals surface area (Å²) in [5.74, 6) is -0.566. The lowest BCUT2D eigenvalue weighted by Gasteiger charge is -2.09. The fourth-order valence-corrected chi connectivity index (χ4v) is 3.19. The zero-order valence-electron chi connectivity index (χ0n) is 13.7. The van der Waals surface area contributed by atoms with Crippen LogP contribution in [0.2, 0.25) is 0 Å². The molecular weight excluding hydrogens is 330 g/mol. The van der Waals surface area contributed by atoms with Crippen LogP contribution in [-0.4, -0.2) is 40.2 Å². The molecule has 0 bridgehead atoms. The van der Waals surface area contributed by atoms with E-state index in [0.29, 0.717) is 11.8 Å². The van der Waals surface area contributed by atoms with E-state index in [1.807, 2.05) is 32.9 Å². The molecule has 0 spiro atoms. The molecule has 1 aromatic carbocycles. The van der Waals surface area contributed by atoms with E-state index in [1.54, 1.807) is 6.21 Å². The fraction of sp³-hybridized carbons (Fsp3) is 0.375. The summed E-state index contributed by atoms with van der Waals surface area (Å²) >= 11 is 1.07. The van der Waals surface area contributed by atoms with E-state index in [-0.39, 0.29) is 12.3 Å². The molecule has 7 nitrogen and oxygen atoms in total. The van der Waals surface area contributed by atoms with E-state index < -0.39 is 11.2 Å². The Labute approximate surface area is 144 Å². The molecule has 128 valence electrons. The highest BCUT2D eigenvalue weighted by Crippen LogP contribution is 2.23. The number of carbonyl (C=O) groups excluding carboxylic acids is 1. The number of rotatable bonds is 6. The maximum absolute atomic E-state index is 11.6. The number of ether oxygens (including phenoxy) is 1. The highest BCUT2D eigenvalue weighted by Gasteiger charge is 2.32. The molecule has 1 aliphatic heterocycles. The number of nitrogens with one attached hydrogen (secondary N) is 1. The number of hydrogen-bond acceptors (Lipinski definition) is 6. The lowest BCUT2D eigenvalue weighted by Crippen LogP contribution is -2.26. The molecule has 24 heavy (non-hydrogen) atoms. The van der Waals surface area contributed by atoms with Crippen LogP contribution in [0, 0.1) is 13.8 Å². The molecular formula is C16H19N3O4S. The van der Waals surface area contributed by atoms with Gasteiger partial charge < -0.3 is 15.2 Å². The van der Waals surface area contributed by atoms with Gasteiger partial charge in [0.2, 0.25) is 5.91 Å². The van der Waals surface area contributed by atoms with Crippen molar-refractivity contribution in [3.05, 3.63) is 28.8 Å². The summed E-state index contributed by atoms with van der Waals surface area (Å²) in [6.45, 7) is 6.45. The van der Waals surface area contributed by atoms with Crippen LogP contribution in [0.1, 0.15) is 30.0 Å². The number of nitrogens with zero attached hydrogens (tertiary/aromatic N) is 2. The van der Waals surface area contributed by atoms with Gasteiger partial charge in [-0.2, -0.15) is 5.10 Å². The predicted octanol–water partition coefficient (Wildman–Crippen LogP) is 2.10. The Kier molecular flexibility index (Phi) is 5.97. The van der Waals surface area contributed by atoms with Gasteiger partial charge in [-0.1, -0.05) is 11.8 Å². The number of amides is 1. The summed E-state index contributed by atoms with van der Waals surface area (Å²) in [6, 6.07) is 3.86. The second-order valence-electron chi connectivity index (χ2n) is 5.25. The third kappa shape index (κ3) is 4.58. The normalized spacial score (nSPS) is 19.0. The highest BCUT2D eigenvalue weighted by atomic mass is 32.2. The monoisotopic (exact) mass is 349 g/mol. The molecule has 1 fully saturated rings. The zero-order chi connectivity index (χ0) is 17.7. The van der Waals surface area contributed by atoms with Crippen molar-refractivity contribution < 1.29 is 19.4 Å². The third-order valence-electron chi connectivity index (χ3n) is 3.35. The first kappa shape index (κ1) is 18.0.